The summed E-state index contributed by atoms with van der Waals surface area (Å²) < 4.78 is 4.91. The van der Waals surface area contributed by atoms with E-state index in [1.165, 1.54) is 0 Å². The zero-order valence-corrected chi connectivity index (χ0v) is 9.93. The first kappa shape index (κ1) is 12.3. The largest absolute Gasteiger partial charge is 0.360 e. The second-order valence-electron chi connectivity index (χ2n) is 3.86. The average Bonchev–Trinajstić information content (AvgIpc) is 2.90. The minimum atomic E-state index is -0.129. The molecule has 18 heavy (non-hydrogen) atoms. The average molecular weight is 245 g/mol. The summed E-state index contributed by atoms with van der Waals surface area (Å²) in [6, 6.07) is 9.16. The summed E-state index contributed by atoms with van der Waals surface area (Å²) in [5.41, 5.74) is 7.13. The lowest BCUT2D eigenvalue weighted by Crippen LogP contribution is -2.24. The minimum Gasteiger partial charge on any atom is -0.360 e. The molecule has 0 radical (unpaired) electrons. The van der Waals surface area contributed by atoms with Gasteiger partial charge >= 0.3 is 0 Å². The highest BCUT2D eigenvalue weighted by Gasteiger charge is 2.10. The highest BCUT2D eigenvalue weighted by Crippen LogP contribution is 2.09. The second kappa shape index (κ2) is 5.97. The topological polar surface area (TPSA) is 81.2 Å². The van der Waals surface area contributed by atoms with Crippen LogP contribution in [0.3, 0.4) is 0 Å². The number of amides is 1. The van der Waals surface area contributed by atoms with Gasteiger partial charge in [-0.3, -0.25) is 4.79 Å². The molecule has 0 saturated heterocycles. The van der Waals surface area contributed by atoms with Crippen molar-refractivity contribution in [2.24, 2.45) is 5.73 Å². The van der Waals surface area contributed by atoms with Gasteiger partial charge in [0.25, 0.3) is 5.91 Å². The molecule has 2 rings (SSSR count). The molecule has 2 aromatic rings. The summed E-state index contributed by atoms with van der Waals surface area (Å²) in [7, 11) is 0. The van der Waals surface area contributed by atoms with Crippen LogP contribution in [0.5, 0.6) is 0 Å². The molecule has 0 unspecified atom stereocenters. The number of nitrogens with two attached hydrogens (primary N) is 1. The monoisotopic (exact) mass is 245 g/mol. The van der Waals surface area contributed by atoms with Crippen LogP contribution in [0.15, 0.2) is 41.1 Å². The van der Waals surface area contributed by atoms with Crippen LogP contribution in [0, 0.1) is 0 Å². The molecule has 1 heterocycles. The Kier molecular flexibility index (Phi) is 4.09. The molecule has 0 fully saturated rings. The second-order valence-corrected chi connectivity index (χ2v) is 3.86. The molecule has 0 aliphatic rings. The third-order valence-corrected chi connectivity index (χ3v) is 2.59. The van der Waals surface area contributed by atoms with Crippen LogP contribution in [-0.2, 0) is 13.0 Å². The molecule has 0 atom stereocenters. The van der Waals surface area contributed by atoms with Crippen LogP contribution in [-0.4, -0.2) is 17.6 Å². The van der Waals surface area contributed by atoms with E-state index in [0.29, 0.717) is 30.8 Å². The number of nitrogens with zero attached hydrogens (tertiary/aromatic N) is 1. The molecule has 0 saturated carbocycles. The fourth-order valence-corrected chi connectivity index (χ4v) is 1.71. The van der Waals surface area contributed by atoms with E-state index in [2.05, 4.69) is 10.5 Å². The Labute approximate surface area is 105 Å². The predicted octanol–water partition coefficient (Wildman–Crippen LogP) is 1.11. The quantitative estimate of drug-likeness (QED) is 0.826. The summed E-state index contributed by atoms with van der Waals surface area (Å²) in [5.74, 6) is 0.495. The number of nitrogens with one attached hydrogen (secondary N) is 1. The number of benzene rings is 1. The van der Waals surface area contributed by atoms with Crippen molar-refractivity contribution >= 4 is 5.91 Å². The van der Waals surface area contributed by atoms with Gasteiger partial charge in [0, 0.05) is 11.6 Å². The van der Waals surface area contributed by atoms with Crippen molar-refractivity contribution in [2.75, 3.05) is 6.54 Å². The lowest BCUT2D eigenvalue weighted by molar-refractivity contribution is 0.0946. The predicted molar refractivity (Wildman–Crippen MR) is 66.9 cm³/mol. The molecule has 1 amide bonds. The van der Waals surface area contributed by atoms with Gasteiger partial charge in [0.15, 0.2) is 5.76 Å². The molecule has 94 valence electrons. The Morgan fingerprint density at radius 2 is 2.17 bits per heavy atom. The summed E-state index contributed by atoms with van der Waals surface area (Å²) in [4.78, 5) is 12.0. The molecule has 1 aromatic heterocycles. The van der Waals surface area contributed by atoms with Crippen molar-refractivity contribution in [3.63, 3.8) is 0 Å². The first-order valence-corrected chi connectivity index (χ1v) is 5.77. The molecular formula is C13H15N3O2. The van der Waals surface area contributed by atoms with Crippen molar-refractivity contribution in [1.82, 2.24) is 10.5 Å². The molecule has 0 aliphatic heterocycles. The zero-order chi connectivity index (χ0) is 12.8. The first-order valence-electron chi connectivity index (χ1n) is 5.77. The number of hydrogen-bond donors (Lipinski definition) is 2. The van der Waals surface area contributed by atoms with E-state index in [1.54, 1.807) is 18.3 Å². The van der Waals surface area contributed by atoms with Crippen LogP contribution in [0.25, 0.3) is 0 Å². The smallest absolute Gasteiger partial charge is 0.251 e. The van der Waals surface area contributed by atoms with Gasteiger partial charge in [-0.1, -0.05) is 23.4 Å². The van der Waals surface area contributed by atoms with Crippen LogP contribution < -0.4 is 11.1 Å². The van der Waals surface area contributed by atoms with Crippen LogP contribution in [0.2, 0.25) is 0 Å². The first-order chi connectivity index (χ1) is 8.81. The van der Waals surface area contributed by atoms with Crippen molar-refractivity contribution in [2.45, 2.75) is 13.0 Å². The van der Waals surface area contributed by atoms with E-state index in [9.17, 15) is 4.79 Å². The molecular weight excluding hydrogens is 230 g/mol. The highest BCUT2D eigenvalue weighted by atomic mass is 16.5. The van der Waals surface area contributed by atoms with Gasteiger partial charge in [0.2, 0.25) is 0 Å². The van der Waals surface area contributed by atoms with E-state index >= 15 is 0 Å². The number of hydrogen-bond acceptors (Lipinski definition) is 4. The van der Waals surface area contributed by atoms with Gasteiger partial charge in [0.1, 0.15) is 0 Å². The van der Waals surface area contributed by atoms with Crippen molar-refractivity contribution in [3.8, 4) is 0 Å². The molecule has 1 aromatic carbocycles. The highest BCUT2D eigenvalue weighted by molar-refractivity contribution is 5.95. The standard InChI is InChI=1S/C13H15N3O2/c14-7-5-10-3-1-2-4-12(10)13(17)15-9-11-6-8-16-18-11/h1-4,6,8H,5,7,9,14H2,(H,15,17). The fourth-order valence-electron chi connectivity index (χ4n) is 1.71. The van der Waals surface area contributed by atoms with Crippen LogP contribution >= 0.6 is 0 Å². The van der Waals surface area contributed by atoms with E-state index in [0.717, 1.165) is 5.56 Å². The summed E-state index contributed by atoms with van der Waals surface area (Å²) >= 11 is 0. The van der Waals surface area contributed by atoms with Crippen molar-refractivity contribution in [1.29, 1.82) is 0 Å². The number of aromatic nitrogens is 1. The Hall–Kier alpha value is -2.14. The number of carbonyl (C=O) groups is 1. The molecule has 5 heteroatoms. The number of carbonyl (C=O) groups excluding carboxylic acids is 1. The molecule has 0 bridgehead atoms. The maximum Gasteiger partial charge on any atom is 0.251 e. The third kappa shape index (κ3) is 2.95. The Morgan fingerprint density at radius 3 is 2.89 bits per heavy atom. The van der Waals surface area contributed by atoms with E-state index in [4.69, 9.17) is 10.3 Å². The maximum absolute atomic E-state index is 12.0. The Morgan fingerprint density at radius 1 is 1.33 bits per heavy atom. The zero-order valence-electron chi connectivity index (χ0n) is 9.93. The molecule has 0 aliphatic carbocycles. The lowest BCUT2D eigenvalue weighted by Gasteiger charge is -2.08. The van der Waals surface area contributed by atoms with E-state index < -0.39 is 0 Å². The number of rotatable bonds is 5. The Balaban J connectivity index is 2.04. The minimum absolute atomic E-state index is 0.129. The van der Waals surface area contributed by atoms with E-state index in [1.807, 2.05) is 18.2 Å². The third-order valence-electron chi connectivity index (χ3n) is 2.59. The van der Waals surface area contributed by atoms with Gasteiger partial charge in [0.05, 0.1) is 12.7 Å². The van der Waals surface area contributed by atoms with Gasteiger partial charge in [-0.15, -0.1) is 0 Å². The normalized spacial score (nSPS) is 10.3. The summed E-state index contributed by atoms with van der Waals surface area (Å²) in [6.07, 6.45) is 2.23. The van der Waals surface area contributed by atoms with Gasteiger partial charge in [-0.05, 0) is 24.6 Å². The fraction of sp³-hybridized carbons (Fsp3) is 0.231. The van der Waals surface area contributed by atoms with Gasteiger partial charge in [-0.25, -0.2) is 0 Å². The molecule has 5 nitrogen and oxygen atoms in total. The molecule has 3 N–H and O–H groups in total. The van der Waals surface area contributed by atoms with Crippen molar-refractivity contribution in [3.05, 3.63) is 53.4 Å². The van der Waals surface area contributed by atoms with Gasteiger partial charge < -0.3 is 15.6 Å². The van der Waals surface area contributed by atoms with E-state index in [-0.39, 0.29) is 5.91 Å². The van der Waals surface area contributed by atoms with Crippen molar-refractivity contribution < 1.29 is 9.32 Å². The summed E-state index contributed by atoms with van der Waals surface area (Å²) in [5, 5.41) is 6.36. The van der Waals surface area contributed by atoms with Gasteiger partial charge in [-0.2, -0.15) is 0 Å². The maximum atomic E-state index is 12.0. The summed E-state index contributed by atoms with van der Waals surface area (Å²) in [6.45, 7) is 0.849. The van der Waals surface area contributed by atoms with Crippen LogP contribution in [0.4, 0.5) is 0 Å². The molecule has 0 spiro atoms. The Bertz CT molecular complexity index is 509. The lowest BCUT2D eigenvalue weighted by atomic mass is 10.0. The van der Waals surface area contributed by atoms with Crippen LogP contribution in [0.1, 0.15) is 21.7 Å². The SMILES string of the molecule is NCCc1ccccc1C(=O)NCc1ccno1.